The van der Waals surface area contributed by atoms with Crippen molar-refractivity contribution in [2.75, 3.05) is 0 Å². The Morgan fingerprint density at radius 3 is 2.36 bits per heavy atom. The van der Waals surface area contributed by atoms with Crippen molar-refractivity contribution in [2.24, 2.45) is 0 Å². The molecule has 1 aromatic heterocycles. The summed E-state index contributed by atoms with van der Waals surface area (Å²) in [6.07, 6.45) is 8.01. The number of carboxylic acid groups (broad SMARTS) is 1. The van der Waals surface area contributed by atoms with Gasteiger partial charge in [0.2, 0.25) is 0 Å². The highest BCUT2D eigenvalue weighted by molar-refractivity contribution is 5.81. The number of aromatic nitrogens is 2. The Bertz CT molecular complexity index is 331. The summed E-state index contributed by atoms with van der Waals surface area (Å²) in [6, 6.07) is 0. The van der Waals surface area contributed by atoms with E-state index in [9.17, 15) is 9.90 Å². The predicted octanol–water partition coefficient (Wildman–Crippen LogP) is 1.37. The van der Waals surface area contributed by atoms with Gasteiger partial charge in [-0.2, -0.15) is 0 Å². The number of rotatable bonds is 2. The molecular weight excluding hydrogens is 180 g/mol. The van der Waals surface area contributed by atoms with Crippen LogP contribution in [-0.2, 0) is 10.2 Å². The van der Waals surface area contributed by atoms with E-state index in [-0.39, 0.29) is 0 Å². The van der Waals surface area contributed by atoms with Crippen molar-refractivity contribution >= 4 is 5.97 Å². The van der Waals surface area contributed by atoms with E-state index in [4.69, 9.17) is 0 Å². The molecule has 0 amide bonds. The molecule has 74 valence electrons. The fourth-order valence-corrected chi connectivity index (χ4v) is 2.15. The van der Waals surface area contributed by atoms with Crippen molar-refractivity contribution in [1.82, 2.24) is 9.97 Å². The van der Waals surface area contributed by atoms with Gasteiger partial charge in [-0.3, -0.25) is 4.79 Å². The first kappa shape index (κ1) is 9.12. The zero-order chi connectivity index (χ0) is 10.0. The maximum atomic E-state index is 11.3. The molecule has 1 aromatic rings. The summed E-state index contributed by atoms with van der Waals surface area (Å²) in [5.74, 6) is -0.746. The predicted molar refractivity (Wildman–Crippen MR) is 49.8 cm³/mol. The second kappa shape index (κ2) is 3.36. The first-order chi connectivity index (χ1) is 6.76. The fraction of sp³-hybridized carbons (Fsp3) is 0.500. The first-order valence-electron chi connectivity index (χ1n) is 4.74. The van der Waals surface area contributed by atoms with Gasteiger partial charge in [-0.05, 0) is 12.8 Å². The lowest BCUT2D eigenvalue weighted by Gasteiger charge is -2.22. The summed E-state index contributed by atoms with van der Waals surface area (Å²) in [4.78, 5) is 19.0. The van der Waals surface area contributed by atoms with Crippen molar-refractivity contribution in [1.29, 1.82) is 0 Å². The minimum absolute atomic E-state index is 0.704. The molecular formula is C10H12N2O2. The maximum Gasteiger partial charge on any atom is 0.314 e. The van der Waals surface area contributed by atoms with Crippen LogP contribution in [0.2, 0.25) is 0 Å². The summed E-state index contributed by atoms with van der Waals surface area (Å²) >= 11 is 0. The largest absolute Gasteiger partial charge is 0.481 e. The van der Waals surface area contributed by atoms with E-state index < -0.39 is 11.4 Å². The number of aliphatic carboxylic acids is 1. The highest BCUT2D eigenvalue weighted by Gasteiger charge is 2.43. The van der Waals surface area contributed by atoms with Crippen LogP contribution in [0.1, 0.15) is 31.2 Å². The fourth-order valence-electron chi connectivity index (χ4n) is 2.15. The third-order valence-electron chi connectivity index (χ3n) is 2.98. The van der Waals surface area contributed by atoms with Gasteiger partial charge in [-0.15, -0.1) is 0 Å². The Labute approximate surface area is 82.0 Å². The lowest BCUT2D eigenvalue weighted by atomic mass is 9.80. The van der Waals surface area contributed by atoms with Crippen LogP contribution in [0.3, 0.4) is 0 Å². The minimum Gasteiger partial charge on any atom is -0.481 e. The minimum atomic E-state index is -0.746. The summed E-state index contributed by atoms with van der Waals surface area (Å²) in [5, 5.41) is 9.26. The molecule has 4 nitrogen and oxygen atoms in total. The van der Waals surface area contributed by atoms with E-state index >= 15 is 0 Å². The molecule has 0 saturated heterocycles. The maximum absolute atomic E-state index is 11.3. The molecule has 1 aliphatic rings. The number of hydrogen-bond donors (Lipinski definition) is 1. The molecule has 1 aliphatic carbocycles. The van der Waals surface area contributed by atoms with E-state index in [0.717, 1.165) is 18.4 Å². The molecule has 1 N–H and O–H groups in total. The van der Waals surface area contributed by atoms with Crippen LogP contribution in [0.5, 0.6) is 0 Å². The highest BCUT2D eigenvalue weighted by Crippen LogP contribution is 2.40. The smallest absolute Gasteiger partial charge is 0.314 e. The van der Waals surface area contributed by atoms with Crippen LogP contribution in [0.25, 0.3) is 0 Å². The molecule has 0 spiro atoms. The van der Waals surface area contributed by atoms with Crippen LogP contribution in [-0.4, -0.2) is 21.0 Å². The van der Waals surface area contributed by atoms with Crippen LogP contribution in [0, 0.1) is 0 Å². The summed E-state index contributed by atoms with van der Waals surface area (Å²) in [5.41, 5.74) is 0.0198. The lowest BCUT2D eigenvalue weighted by Crippen LogP contribution is -2.32. The van der Waals surface area contributed by atoms with Gasteiger partial charge in [0.1, 0.15) is 6.33 Å². The number of carboxylic acids is 1. The van der Waals surface area contributed by atoms with Gasteiger partial charge in [-0.25, -0.2) is 9.97 Å². The van der Waals surface area contributed by atoms with E-state index in [2.05, 4.69) is 9.97 Å². The summed E-state index contributed by atoms with van der Waals surface area (Å²) in [7, 11) is 0. The van der Waals surface area contributed by atoms with Crippen LogP contribution in [0.15, 0.2) is 18.7 Å². The average molecular weight is 192 g/mol. The van der Waals surface area contributed by atoms with Crippen molar-refractivity contribution in [3.05, 3.63) is 24.3 Å². The van der Waals surface area contributed by atoms with Crippen LogP contribution < -0.4 is 0 Å². The normalized spacial score (nSPS) is 19.4. The van der Waals surface area contributed by atoms with Gasteiger partial charge >= 0.3 is 5.97 Å². The van der Waals surface area contributed by atoms with Crippen LogP contribution >= 0.6 is 0 Å². The third kappa shape index (κ3) is 1.27. The Balaban J connectivity index is 2.42. The summed E-state index contributed by atoms with van der Waals surface area (Å²) < 4.78 is 0. The van der Waals surface area contributed by atoms with Crippen molar-refractivity contribution < 1.29 is 9.90 Å². The van der Waals surface area contributed by atoms with Gasteiger partial charge in [0.05, 0.1) is 5.41 Å². The van der Waals surface area contributed by atoms with Gasteiger partial charge in [0, 0.05) is 18.0 Å². The molecule has 0 radical (unpaired) electrons. The van der Waals surface area contributed by atoms with Gasteiger partial charge < -0.3 is 5.11 Å². The standard InChI is InChI=1S/C10H12N2O2/c13-9(14)10(3-1-2-4-10)8-5-11-7-12-6-8/h5-7H,1-4H2,(H,13,14). The zero-order valence-electron chi connectivity index (χ0n) is 7.81. The second-order valence-corrected chi connectivity index (χ2v) is 3.72. The van der Waals surface area contributed by atoms with Crippen molar-refractivity contribution in [3.63, 3.8) is 0 Å². The molecule has 2 rings (SSSR count). The molecule has 1 fully saturated rings. The molecule has 0 bridgehead atoms. The molecule has 1 heterocycles. The molecule has 0 unspecified atom stereocenters. The molecule has 1 saturated carbocycles. The van der Waals surface area contributed by atoms with E-state index in [1.165, 1.54) is 6.33 Å². The van der Waals surface area contributed by atoms with Gasteiger partial charge in [-0.1, -0.05) is 12.8 Å². The van der Waals surface area contributed by atoms with E-state index in [0.29, 0.717) is 12.8 Å². The Morgan fingerprint density at radius 2 is 1.86 bits per heavy atom. The van der Waals surface area contributed by atoms with E-state index in [1.807, 2.05) is 0 Å². The Morgan fingerprint density at radius 1 is 1.29 bits per heavy atom. The lowest BCUT2D eigenvalue weighted by molar-refractivity contribution is -0.143. The molecule has 0 atom stereocenters. The average Bonchev–Trinajstić information content (AvgIpc) is 2.69. The Hall–Kier alpha value is -1.45. The monoisotopic (exact) mass is 192 g/mol. The number of carbonyl (C=O) groups is 1. The van der Waals surface area contributed by atoms with Gasteiger partial charge in [0.15, 0.2) is 0 Å². The summed E-state index contributed by atoms with van der Waals surface area (Å²) in [6.45, 7) is 0. The van der Waals surface area contributed by atoms with E-state index in [1.54, 1.807) is 12.4 Å². The first-order valence-corrected chi connectivity index (χ1v) is 4.74. The number of nitrogens with zero attached hydrogens (tertiary/aromatic N) is 2. The Kier molecular flexibility index (Phi) is 2.19. The number of hydrogen-bond acceptors (Lipinski definition) is 3. The van der Waals surface area contributed by atoms with Crippen LogP contribution in [0.4, 0.5) is 0 Å². The molecule has 0 aromatic carbocycles. The topological polar surface area (TPSA) is 63.1 Å². The van der Waals surface area contributed by atoms with Gasteiger partial charge in [0.25, 0.3) is 0 Å². The molecule has 4 heteroatoms. The quantitative estimate of drug-likeness (QED) is 0.768. The van der Waals surface area contributed by atoms with Crippen molar-refractivity contribution in [2.45, 2.75) is 31.1 Å². The second-order valence-electron chi connectivity index (χ2n) is 3.72. The highest BCUT2D eigenvalue weighted by atomic mass is 16.4. The molecule has 14 heavy (non-hydrogen) atoms. The molecule has 0 aliphatic heterocycles. The zero-order valence-corrected chi connectivity index (χ0v) is 7.81. The SMILES string of the molecule is O=C(O)C1(c2cncnc2)CCCC1. The van der Waals surface area contributed by atoms with Crippen molar-refractivity contribution in [3.8, 4) is 0 Å². The third-order valence-corrected chi connectivity index (χ3v) is 2.98.